The fourth-order valence-corrected chi connectivity index (χ4v) is 2.62. The van der Waals surface area contributed by atoms with Crippen LogP contribution in [0.3, 0.4) is 0 Å². The Balaban J connectivity index is 2.58. The number of carbonyl (C=O) groups is 2. The molecule has 116 valence electrons. The van der Waals surface area contributed by atoms with Crippen molar-refractivity contribution < 1.29 is 14.7 Å². The first-order valence-corrected chi connectivity index (χ1v) is 7.45. The van der Waals surface area contributed by atoms with E-state index < -0.39 is 18.0 Å². The van der Waals surface area contributed by atoms with Crippen molar-refractivity contribution in [2.24, 2.45) is 5.92 Å². The minimum absolute atomic E-state index is 0.102. The number of amides is 2. The van der Waals surface area contributed by atoms with Crippen molar-refractivity contribution in [2.75, 3.05) is 0 Å². The maximum atomic E-state index is 12.0. The number of carboxylic acids is 1. The molecular weight excluding hydrogens is 258 g/mol. The van der Waals surface area contributed by atoms with E-state index in [1.54, 1.807) is 0 Å². The van der Waals surface area contributed by atoms with Crippen LogP contribution in [0.1, 0.15) is 53.4 Å². The number of nitrogens with one attached hydrogen (secondary N) is 2. The third-order valence-corrected chi connectivity index (χ3v) is 4.19. The maximum Gasteiger partial charge on any atom is 0.330 e. The molecule has 6 heteroatoms. The molecule has 0 radical (unpaired) electrons. The first kappa shape index (κ1) is 16.8. The number of nitrogens with zero attached hydrogens (tertiary/aromatic N) is 1. The van der Waals surface area contributed by atoms with Crippen LogP contribution < -0.4 is 10.7 Å². The molecule has 0 bridgehead atoms. The minimum atomic E-state index is -0.991. The molecule has 1 saturated heterocycles. The summed E-state index contributed by atoms with van der Waals surface area (Å²) in [4.78, 5) is 23.2. The molecule has 6 nitrogen and oxygen atoms in total. The third kappa shape index (κ3) is 4.37. The summed E-state index contributed by atoms with van der Waals surface area (Å²) < 4.78 is 0. The second-order valence-electron chi connectivity index (χ2n) is 5.82. The van der Waals surface area contributed by atoms with Gasteiger partial charge in [-0.2, -0.15) is 0 Å². The summed E-state index contributed by atoms with van der Waals surface area (Å²) in [6, 6.07) is -0.735. The van der Waals surface area contributed by atoms with E-state index in [1.165, 1.54) is 0 Å². The molecule has 2 unspecified atom stereocenters. The van der Waals surface area contributed by atoms with Crippen LogP contribution in [0.5, 0.6) is 0 Å². The van der Waals surface area contributed by atoms with Crippen molar-refractivity contribution in [3.8, 4) is 0 Å². The van der Waals surface area contributed by atoms with E-state index >= 15 is 0 Å². The largest absolute Gasteiger partial charge is 0.480 e. The number of carboxylic acid groups (broad SMARTS) is 1. The van der Waals surface area contributed by atoms with Crippen molar-refractivity contribution in [3.63, 3.8) is 0 Å². The molecule has 0 aromatic rings. The Bertz CT molecular complexity index is 339. The second kappa shape index (κ2) is 7.47. The number of piperidine rings is 1. The zero-order chi connectivity index (χ0) is 15.3. The van der Waals surface area contributed by atoms with Gasteiger partial charge in [0.05, 0.1) is 0 Å². The van der Waals surface area contributed by atoms with Gasteiger partial charge in [-0.3, -0.25) is 5.43 Å². The Labute approximate surface area is 120 Å². The van der Waals surface area contributed by atoms with Crippen LogP contribution in [0, 0.1) is 5.92 Å². The van der Waals surface area contributed by atoms with Crippen molar-refractivity contribution in [1.82, 2.24) is 15.8 Å². The van der Waals surface area contributed by atoms with Gasteiger partial charge >= 0.3 is 12.0 Å². The van der Waals surface area contributed by atoms with Gasteiger partial charge in [0, 0.05) is 12.1 Å². The van der Waals surface area contributed by atoms with Crippen molar-refractivity contribution >= 4 is 12.0 Å². The predicted octanol–water partition coefficient (Wildman–Crippen LogP) is 1.96. The number of hydrogen-bond acceptors (Lipinski definition) is 3. The quantitative estimate of drug-likeness (QED) is 0.721. The van der Waals surface area contributed by atoms with Crippen molar-refractivity contribution in [2.45, 2.75) is 71.5 Å². The second-order valence-corrected chi connectivity index (χ2v) is 5.82. The van der Waals surface area contributed by atoms with E-state index in [1.807, 2.05) is 18.9 Å². The molecule has 1 heterocycles. The molecule has 1 fully saturated rings. The summed E-state index contributed by atoms with van der Waals surface area (Å²) in [6.07, 6.45) is 3.94. The van der Waals surface area contributed by atoms with Crippen molar-refractivity contribution in [1.29, 1.82) is 0 Å². The van der Waals surface area contributed by atoms with Crippen LogP contribution >= 0.6 is 0 Å². The molecule has 3 N–H and O–H groups in total. The summed E-state index contributed by atoms with van der Waals surface area (Å²) in [7, 11) is 0. The summed E-state index contributed by atoms with van der Waals surface area (Å²) >= 11 is 0. The lowest BCUT2D eigenvalue weighted by atomic mass is 9.99. The molecule has 0 aromatic heterocycles. The maximum absolute atomic E-state index is 12.0. The van der Waals surface area contributed by atoms with Crippen LogP contribution in [0.2, 0.25) is 0 Å². The van der Waals surface area contributed by atoms with E-state index in [0.717, 1.165) is 19.3 Å². The highest BCUT2D eigenvalue weighted by molar-refractivity contribution is 5.82. The predicted molar refractivity (Wildman–Crippen MR) is 77.2 cm³/mol. The standard InChI is InChI=1S/C14H27N3O3/c1-5-9(2)12(13(18)19)15-14(20)16-17-10(3)7-6-8-11(17)4/h9-12H,5-8H2,1-4H3,(H,18,19)(H2,15,16,20)/t9-,10?,11?,12-/m0/s1. The highest BCUT2D eigenvalue weighted by Gasteiger charge is 2.29. The van der Waals surface area contributed by atoms with Gasteiger partial charge in [-0.1, -0.05) is 26.7 Å². The van der Waals surface area contributed by atoms with E-state index in [9.17, 15) is 14.7 Å². The monoisotopic (exact) mass is 285 g/mol. The van der Waals surface area contributed by atoms with E-state index in [0.29, 0.717) is 6.42 Å². The minimum Gasteiger partial charge on any atom is -0.480 e. The van der Waals surface area contributed by atoms with Crippen LogP contribution in [-0.2, 0) is 4.79 Å². The van der Waals surface area contributed by atoms with Gasteiger partial charge in [-0.15, -0.1) is 0 Å². The molecule has 20 heavy (non-hydrogen) atoms. The van der Waals surface area contributed by atoms with Crippen LogP contribution in [0.4, 0.5) is 4.79 Å². The molecule has 0 aromatic carbocycles. The molecule has 1 rings (SSSR count). The summed E-state index contributed by atoms with van der Waals surface area (Å²) in [5.41, 5.74) is 2.80. The van der Waals surface area contributed by atoms with Gasteiger partial charge in [-0.05, 0) is 32.6 Å². The van der Waals surface area contributed by atoms with Gasteiger partial charge < -0.3 is 10.4 Å². The fourth-order valence-electron chi connectivity index (χ4n) is 2.62. The zero-order valence-electron chi connectivity index (χ0n) is 12.8. The smallest absolute Gasteiger partial charge is 0.330 e. The molecule has 1 aliphatic rings. The molecular formula is C14H27N3O3. The topological polar surface area (TPSA) is 81.7 Å². The number of hydrazine groups is 1. The zero-order valence-corrected chi connectivity index (χ0v) is 12.8. The molecule has 4 atom stereocenters. The summed E-state index contributed by atoms with van der Waals surface area (Å²) in [5.74, 6) is -1.09. The normalized spacial score (nSPS) is 26.6. The lowest BCUT2D eigenvalue weighted by molar-refractivity contribution is -0.140. The SMILES string of the molecule is CC[C@H](C)[C@H](NC(=O)NN1C(C)CCCC1C)C(=O)O. The summed E-state index contributed by atoms with van der Waals surface area (Å²) in [6.45, 7) is 7.87. The first-order valence-electron chi connectivity index (χ1n) is 7.45. The molecule has 2 amide bonds. The Morgan fingerprint density at radius 2 is 1.85 bits per heavy atom. The van der Waals surface area contributed by atoms with E-state index in [4.69, 9.17) is 0 Å². The van der Waals surface area contributed by atoms with Crippen molar-refractivity contribution in [3.05, 3.63) is 0 Å². The number of rotatable bonds is 5. The van der Waals surface area contributed by atoms with Gasteiger partial charge in [0.15, 0.2) is 0 Å². The Morgan fingerprint density at radius 3 is 2.30 bits per heavy atom. The van der Waals surface area contributed by atoms with Crippen LogP contribution in [0.25, 0.3) is 0 Å². The lowest BCUT2D eigenvalue weighted by Crippen LogP contribution is -2.59. The van der Waals surface area contributed by atoms with E-state index in [2.05, 4.69) is 24.6 Å². The Kier molecular flexibility index (Phi) is 6.26. The molecule has 0 aliphatic carbocycles. The van der Waals surface area contributed by atoms with Gasteiger partial charge in [-0.25, -0.2) is 14.6 Å². The lowest BCUT2D eigenvalue weighted by Gasteiger charge is -2.39. The fraction of sp³-hybridized carbons (Fsp3) is 0.857. The molecule has 1 aliphatic heterocycles. The number of carbonyl (C=O) groups excluding carboxylic acids is 1. The average Bonchev–Trinajstić information content (AvgIpc) is 2.39. The highest BCUT2D eigenvalue weighted by Crippen LogP contribution is 2.20. The molecule has 0 spiro atoms. The van der Waals surface area contributed by atoms with Crippen LogP contribution in [0.15, 0.2) is 0 Å². The van der Waals surface area contributed by atoms with Gasteiger partial charge in [0.2, 0.25) is 0 Å². The highest BCUT2D eigenvalue weighted by atomic mass is 16.4. The number of urea groups is 1. The third-order valence-electron chi connectivity index (χ3n) is 4.19. The number of hydrogen-bond donors (Lipinski definition) is 3. The summed E-state index contributed by atoms with van der Waals surface area (Å²) in [5, 5.41) is 13.7. The Morgan fingerprint density at radius 1 is 1.30 bits per heavy atom. The van der Waals surface area contributed by atoms with E-state index in [-0.39, 0.29) is 18.0 Å². The number of aliphatic carboxylic acids is 1. The first-order chi connectivity index (χ1) is 9.36. The van der Waals surface area contributed by atoms with Gasteiger partial charge in [0.1, 0.15) is 6.04 Å². The molecule has 0 saturated carbocycles. The average molecular weight is 285 g/mol. The van der Waals surface area contributed by atoms with Gasteiger partial charge in [0.25, 0.3) is 0 Å². The van der Waals surface area contributed by atoms with Crippen LogP contribution in [-0.4, -0.2) is 40.2 Å². The Hall–Kier alpha value is -1.30.